The largest absolute Gasteiger partial charge is 0.288 e. The quantitative estimate of drug-likeness (QED) is 0.374. The van der Waals surface area contributed by atoms with Gasteiger partial charge in [-0.05, 0) is 6.92 Å². The summed E-state index contributed by atoms with van der Waals surface area (Å²) in [5.41, 5.74) is 0.638. The van der Waals surface area contributed by atoms with Gasteiger partial charge in [0, 0.05) is 5.56 Å². The molecule has 0 heterocycles. The minimum absolute atomic E-state index is 0.112. The van der Waals surface area contributed by atoms with Crippen LogP contribution in [0, 0.1) is 0 Å². The summed E-state index contributed by atoms with van der Waals surface area (Å²) >= 11 is 0. The number of Topliss-reactive ketones (excluding diaryl/α,β-unsaturated/α-hetero) is 1. The summed E-state index contributed by atoms with van der Waals surface area (Å²) in [4.78, 5) is 21.4. The fourth-order valence-corrected chi connectivity index (χ4v) is 0.852. The fraction of sp³-hybridized carbons (Fsp3) is 0.100. The normalized spacial score (nSPS) is 8.75. The van der Waals surface area contributed by atoms with E-state index in [0.29, 0.717) is 5.56 Å². The highest BCUT2D eigenvalue weighted by molar-refractivity contribution is 6.12. The second kappa shape index (κ2) is 3.65. The summed E-state index contributed by atoms with van der Waals surface area (Å²) in [6.45, 7) is 1.46. The smallest absolute Gasteiger partial charge is 0.199 e. The van der Waals surface area contributed by atoms with Crippen LogP contribution in [-0.2, 0) is 4.79 Å². The molecule has 0 atom stereocenters. The number of allylic oxidation sites excluding steroid dienone is 1. The fourth-order valence-electron chi connectivity index (χ4n) is 0.852. The number of rotatable bonds is 2. The molecule has 0 aliphatic heterocycles. The molecule has 0 amide bonds. The highest BCUT2D eigenvalue weighted by Crippen LogP contribution is 2.04. The van der Waals surface area contributed by atoms with Gasteiger partial charge in [-0.25, -0.2) is 4.79 Å². The Labute approximate surface area is 70.5 Å². The lowest BCUT2D eigenvalue weighted by Crippen LogP contribution is -2.00. The first kappa shape index (κ1) is 8.44. The summed E-state index contributed by atoms with van der Waals surface area (Å²) in [7, 11) is 0. The Balaban J connectivity index is 3.02. The molecule has 0 fully saturated rings. The molecule has 0 saturated carbocycles. The van der Waals surface area contributed by atoms with Crippen molar-refractivity contribution in [2.45, 2.75) is 6.92 Å². The van der Waals surface area contributed by atoms with E-state index in [2.05, 4.69) is 0 Å². The lowest BCUT2D eigenvalue weighted by molar-refractivity contribution is 0.103. The van der Waals surface area contributed by atoms with Gasteiger partial charge in [0.25, 0.3) is 0 Å². The number of hydrogen-bond acceptors (Lipinski definition) is 2. The van der Waals surface area contributed by atoms with E-state index in [1.807, 2.05) is 6.07 Å². The SMILES string of the molecule is CC(=C=O)C(=O)c1ccccc1. The molecule has 0 aliphatic rings. The molecule has 0 aliphatic carbocycles. The monoisotopic (exact) mass is 160 g/mol. The van der Waals surface area contributed by atoms with Crippen molar-refractivity contribution in [3.05, 3.63) is 41.5 Å². The standard InChI is InChI=1S/C10H8O2/c1-8(7-11)10(12)9-5-3-2-4-6-9/h2-6H,1H3. The third kappa shape index (κ3) is 1.68. The Hall–Kier alpha value is -1.66. The molecule has 0 N–H and O–H groups in total. The summed E-state index contributed by atoms with van der Waals surface area (Å²) in [5, 5.41) is 0. The second-order valence-corrected chi connectivity index (χ2v) is 2.42. The predicted molar refractivity (Wildman–Crippen MR) is 45.7 cm³/mol. The van der Waals surface area contributed by atoms with E-state index in [-0.39, 0.29) is 11.4 Å². The van der Waals surface area contributed by atoms with Crippen LogP contribution in [0.4, 0.5) is 0 Å². The molecular weight excluding hydrogens is 152 g/mol. The van der Waals surface area contributed by atoms with E-state index < -0.39 is 0 Å². The molecule has 0 bridgehead atoms. The van der Waals surface area contributed by atoms with Crippen LogP contribution >= 0.6 is 0 Å². The van der Waals surface area contributed by atoms with Crippen LogP contribution in [0.15, 0.2) is 35.9 Å². The second-order valence-electron chi connectivity index (χ2n) is 2.42. The van der Waals surface area contributed by atoms with Gasteiger partial charge in [-0.3, -0.25) is 4.79 Å². The number of ketones is 1. The lowest BCUT2D eigenvalue weighted by atomic mass is 10.1. The molecule has 2 heteroatoms. The maximum atomic E-state index is 11.3. The van der Waals surface area contributed by atoms with Gasteiger partial charge >= 0.3 is 0 Å². The van der Waals surface area contributed by atoms with Crippen molar-refractivity contribution in [1.29, 1.82) is 0 Å². The molecule has 12 heavy (non-hydrogen) atoms. The molecule has 0 radical (unpaired) electrons. The van der Waals surface area contributed by atoms with Crippen LogP contribution in [0.25, 0.3) is 0 Å². The van der Waals surface area contributed by atoms with Crippen molar-refractivity contribution in [1.82, 2.24) is 0 Å². The van der Waals surface area contributed by atoms with Gasteiger partial charge in [-0.2, -0.15) is 0 Å². The zero-order valence-corrected chi connectivity index (χ0v) is 6.70. The highest BCUT2D eigenvalue weighted by Gasteiger charge is 2.06. The summed E-state index contributed by atoms with van der Waals surface area (Å²) in [6, 6.07) is 8.67. The van der Waals surface area contributed by atoms with Crippen LogP contribution in [0.3, 0.4) is 0 Å². The molecular formula is C10H8O2. The van der Waals surface area contributed by atoms with Gasteiger partial charge in [-0.15, -0.1) is 0 Å². The number of carbonyl (C=O) groups excluding carboxylic acids is 2. The summed E-state index contributed by atoms with van der Waals surface area (Å²) < 4.78 is 0. The molecule has 2 nitrogen and oxygen atoms in total. The zero-order chi connectivity index (χ0) is 8.97. The Kier molecular flexibility index (Phi) is 2.57. The van der Waals surface area contributed by atoms with E-state index in [0.717, 1.165) is 0 Å². The maximum absolute atomic E-state index is 11.3. The van der Waals surface area contributed by atoms with Gasteiger partial charge in [-0.1, -0.05) is 30.3 Å². The molecule has 1 aromatic rings. The first-order chi connectivity index (χ1) is 5.75. The Bertz CT molecular complexity index is 332. The molecule has 60 valence electrons. The van der Waals surface area contributed by atoms with E-state index in [4.69, 9.17) is 0 Å². The minimum Gasteiger partial charge on any atom is -0.288 e. The summed E-state index contributed by atoms with van der Waals surface area (Å²) in [6.07, 6.45) is 0. The minimum atomic E-state index is -0.259. The van der Waals surface area contributed by atoms with Crippen LogP contribution in [-0.4, -0.2) is 11.7 Å². The molecule has 0 saturated heterocycles. The number of carbonyl (C=O) groups is 1. The third-order valence-electron chi connectivity index (χ3n) is 1.53. The van der Waals surface area contributed by atoms with Crippen LogP contribution in [0.1, 0.15) is 17.3 Å². The first-order valence-electron chi connectivity index (χ1n) is 3.57. The molecule has 0 aromatic heterocycles. The van der Waals surface area contributed by atoms with Crippen LogP contribution in [0.5, 0.6) is 0 Å². The van der Waals surface area contributed by atoms with Crippen molar-refractivity contribution in [2.75, 3.05) is 0 Å². The van der Waals surface area contributed by atoms with Gasteiger partial charge in [0.2, 0.25) is 0 Å². The summed E-state index contributed by atoms with van der Waals surface area (Å²) in [5.74, 6) is 1.32. The van der Waals surface area contributed by atoms with Crippen molar-refractivity contribution in [2.24, 2.45) is 0 Å². The zero-order valence-electron chi connectivity index (χ0n) is 6.70. The van der Waals surface area contributed by atoms with Gasteiger partial charge in [0.05, 0.1) is 5.57 Å². The number of hydrogen-bond donors (Lipinski definition) is 0. The molecule has 0 unspecified atom stereocenters. The lowest BCUT2D eigenvalue weighted by Gasteiger charge is -1.95. The van der Waals surface area contributed by atoms with Crippen molar-refractivity contribution in [3.63, 3.8) is 0 Å². The average molecular weight is 160 g/mol. The van der Waals surface area contributed by atoms with Crippen molar-refractivity contribution in [3.8, 4) is 0 Å². The van der Waals surface area contributed by atoms with E-state index in [1.54, 1.807) is 30.2 Å². The molecule has 0 spiro atoms. The highest BCUT2D eigenvalue weighted by atomic mass is 16.1. The third-order valence-corrected chi connectivity index (χ3v) is 1.53. The molecule has 1 rings (SSSR count). The van der Waals surface area contributed by atoms with E-state index >= 15 is 0 Å². The average Bonchev–Trinajstić information content (AvgIpc) is 2.17. The van der Waals surface area contributed by atoms with Gasteiger partial charge in [0.1, 0.15) is 5.94 Å². The van der Waals surface area contributed by atoms with Crippen LogP contribution in [0.2, 0.25) is 0 Å². The first-order valence-corrected chi connectivity index (χ1v) is 3.57. The number of benzene rings is 1. The van der Waals surface area contributed by atoms with Crippen molar-refractivity contribution < 1.29 is 9.59 Å². The predicted octanol–water partition coefficient (Wildman–Crippen LogP) is 1.65. The maximum Gasteiger partial charge on any atom is 0.199 e. The Morgan fingerprint density at radius 1 is 1.25 bits per heavy atom. The van der Waals surface area contributed by atoms with Crippen LogP contribution < -0.4 is 0 Å². The van der Waals surface area contributed by atoms with Gasteiger partial charge < -0.3 is 0 Å². The van der Waals surface area contributed by atoms with E-state index in [1.165, 1.54) is 6.92 Å². The van der Waals surface area contributed by atoms with Crippen molar-refractivity contribution >= 4 is 11.7 Å². The molecule has 1 aromatic carbocycles. The Morgan fingerprint density at radius 3 is 2.33 bits per heavy atom. The van der Waals surface area contributed by atoms with Gasteiger partial charge in [0.15, 0.2) is 5.78 Å². The van der Waals surface area contributed by atoms with E-state index in [9.17, 15) is 9.59 Å². The topological polar surface area (TPSA) is 34.1 Å². The Morgan fingerprint density at radius 2 is 1.83 bits per heavy atom.